The fourth-order valence-electron chi connectivity index (χ4n) is 2.69. The maximum atomic E-state index is 6.50. The monoisotopic (exact) mass is 238 g/mol. The third kappa shape index (κ3) is 2.46. The zero-order valence-electron chi connectivity index (χ0n) is 10.3. The summed E-state index contributed by atoms with van der Waals surface area (Å²) in [7, 11) is 0. The second-order valence-corrected chi connectivity index (χ2v) is 6.04. The lowest BCUT2D eigenvalue weighted by Crippen LogP contribution is -2.40. The average Bonchev–Trinajstić information content (AvgIpc) is 2.70. The smallest absolute Gasteiger partial charge is 0.113 e. The Labute approximate surface area is 102 Å². The van der Waals surface area contributed by atoms with Gasteiger partial charge in [0.05, 0.1) is 5.54 Å². The molecule has 0 amide bonds. The summed E-state index contributed by atoms with van der Waals surface area (Å²) in [6, 6.07) is 0. The molecule has 2 N–H and O–H groups in total. The predicted octanol–water partition coefficient (Wildman–Crippen LogP) is 3.60. The number of hydrogen-bond donors (Lipinski definition) is 1. The van der Waals surface area contributed by atoms with E-state index in [0.717, 1.165) is 29.5 Å². The average molecular weight is 238 g/mol. The molecule has 1 aromatic heterocycles. The zero-order valence-corrected chi connectivity index (χ0v) is 11.1. The summed E-state index contributed by atoms with van der Waals surface area (Å²) in [6.45, 7) is 4.32. The Morgan fingerprint density at radius 1 is 1.50 bits per heavy atom. The van der Waals surface area contributed by atoms with Crippen molar-refractivity contribution in [3.05, 3.63) is 16.1 Å². The van der Waals surface area contributed by atoms with Crippen LogP contribution in [0.1, 0.15) is 56.2 Å². The lowest BCUT2D eigenvalue weighted by Gasteiger charge is -2.35. The van der Waals surface area contributed by atoms with Gasteiger partial charge in [-0.1, -0.05) is 19.8 Å². The molecule has 0 aliphatic heterocycles. The quantitative estimate of drug-likeness (QED) is 0.874. The number of aryl methyl sites for hydroxylation is 1. The molecular formula is C13H22N2S. The van der Waals surface area contributed by atoms with Gasteiger partial charge >= 0.3 is 0 Å². The molecule has 1 aromatic rings. The number of aromatic nitrogens is 1. The molecule has 1 aliphatic rings. The first-order valence-electron chi connectivity index (χ1n) is 6.35. The Kier molecular flexibility index (Phi) is 3.65. The van der Waals surface area contributed by atoms with Crippen molar-refractivity contribution in [1.82, 2.24) is 4.98 Å². The first-order valence-corrected chi connectivity index (χ1v) is 7.23. The predicted molar refractivity (Wildman–Crippen MR) is 69.6 cm³/mol. The molecule has 2 rings (SSSR count). The third-order valence-corrected chi connectivity index (χ3v) is 4.92. The molecule has 1 aliphatic carbocycles. The van der Waals surface area contributed by atoms with Crippen LogP contribution in [0.5, 0.6) is 0 Å². The maximum absolute atomic E-state index is 6.50. The fraction of sp³-hybridized carbons (Fsp3) is 0.769. The number of nitrogens with zero attached hydrogens (tertiary/aromatic N) is 1. The van der Waals surface area contributed by atoms with Gasteiger partial charge < -0.3 is 5.73 Å². The third-order valence-electron chi connectivity index (χ3n) is 3.74. The summed E-state index contributed by atoms with van der Waals surface area (Å²) in [5.41, 5.74) is 7.49. The Morgan fingerprint density at radius 2 is 2.19 bits per heavy atom. The molecule has 0 saturated heterocycles. The van der Waals surface area contributed by atoms with Crippen molar-refractivity contribution >= 4 is 11.3 Å². The van der Waals surface area contributed by atoms with E-state index < -0.39 is 0 Å². The Hall–Kier alpha value is -0.410. The summed E-state index contributed by atoms with van der Waals surface area (Å²) in [5.74, 6) is 0.905. The summed E-state index contributed by atoms with van der Waals surface area (Å²) in [5, 5.41) is 3.27. The van der Waals surface area contributed by atoms with Gasteiger partial charge in [-0.05, 0) is 38.5 Å². The van der Waals surface area contributed by atoms with Crippen LogP contribution < -0.4 is 5.73 Å². The van der Waals surface area contributed by atoms with Gasteiger partial charge in [-0.15, -0.1) is 11.3 Å². The highest BCUT2D eigenvalue weighted by molar-refractivity contribution is 7.09. The van der Waals surface area contributed by atoms with Crippen LogP contribution in [0, 0.1) is 12.8 Å². The van der Waals surface area contributed by atoms with Crippen LogP contribution in [0.15, 0.2) is 5.38 Å². The van der Waals surface area contributed by atoms with E-state index in [1.807, 2.05) is 6.92 Å². The van der Waals surface area contributed by atoms with E-state index in [1.165, 1.54) is 25.7 Å². The molecule has 3 heteroatoms. The number of hydrogen-bond acceptors (Lipinski definition) is 3. The van der Waals surface area contributed by atoms with Crippen LogP contribution in [0.3, 0.4) is 0 Å². The molecule has 1 fully saturated rings. The number of thiazole rings is 1. The number of nitrogens with two attached hydrogens (primary N) is 1. The van der Waals surface area contributed by atoms with Gasteiger partial charge in [-0.3, -0.25) is 0 Å². The lowest BCUT2D eigenvalue weighted by molar-refractivity contribution is 0.225. The first-order chi connectivity index (χ1) is 7.64. The van der Waals surface area contributed by atoms with Crippen LogP contribution >= 0.6 is 11.3 Å². The molecule has 0 radical (unpaired) electrons. The van der Waals surface area contributed by atoms with Crippen LogP contribution in [-0.4, -0.2) is 4.98 Å². The molecule has 0 bridgehead atoms. The van der Waals surface area contributed by atoms with Crippen molar-refractivity contribution in [2.45, 2.75) is 57.9 Å². The molecule has 0 unspecified atom stereocenters. The molecular weight excluding hydrogens is 216 g/mol. The number of rotatable bonds is 3. The molecule has 0 aromatic carbocycles. The topological polar surface area (TPSA) is 38.9 Å². The standard InChI is InChI=1S/C13H22N2S/c1-3-4-11-5-7-13(14,8-6-11)12-15-10(2)9-16-12/h9,11H,3-8,14H2,1-2H3. The Bertz CT molecular complexity index is 337. The summed E-state index contributed by atoms with van der Waals surface area (Å²) >= 11 is 1.73. The van der Waals surface area contributed by atoms with Gasteiger partial charge in [0.2, 0.25) is 0 Å². The second-order valence-electron chi connectivity index (χ2n) is 5.18. The maximum Gasteiger partial charge on any atom is 0.113 e. The minimum absolute atomic E-state index is 0.122. The van der Waals surface area contributed by atoms with E-state index in [2.05, 4.69) is 17.3 Å². The van der Waals surface area contributed by atoms with Gasteiger partial charge in [0.15, 0.2) is 0 Å². The highest BCUT2D eigenvalue weighted by Gasteiger charge is 2.35. The van der Waals surface area contributed by atoms with Crippen LogP contribution in [0.2, 0.25) is 0 Å². The van der Waals surface area contributed by atoms with E-state index in [0.29, 0.717) is 0 Å². The first kappa shape index (κ1) is 12.1. The van der Waals surface area contributed by atoms with E-state index in [9.17, 15) is 0 Å². The van der Waals surface area contributed by atoms with Gasteiger partial charge in [0, 0.05) is 11.1 Å². The molecule has 16 heavy (non-hydrogen) atoms. The molecule has 2 nitrogen and oxygen atoms in total. The summed E-state index contributed by atoms with van der Waals surface area (Å²) in [4.78, 5) is 4.57. The van der Waals surface area contributed by atoms with Crippen molar-refractivity contribution in [2.75, 3.05) is 0 Å². The van der Waals surface area contributed by atoms with Crippen LogP contribution in [-0.2, 0) is 5.54 Å². The summed E-state index contributed by atoms with van der Waals surface area (Å²) in [6.07, 6.45) is 7.47. The lowest BCUT2D eigenvalue weighted by atomic mass is 9.76. The van der Waals surface area contributed by atoms with Gasteiger partial charge in [0.1, 0.15) is 5.01 Å². The summed E-state index contributed by atoms with van der Waals surface area (Å²) < 4.78 is 0. The van der Waals surface area contributed by atoms with E-state index >= 15 is 0 Å². The molecule has 1 heterocycles. The highest BCUT2D eigenvalue weighted by atomic mass is 32.1. The highest BCUT2D eigenvalue weighted by Crippen LogP contribution is 2.39. The van der Waals surface area contributed by atoms with Crippen molar-refractivity contribution in [2.24, 2.45) is 11.7 Å². The van der Waals surface area contributed by atoms with Gasteiger partial charge in [-0.25, -0.2) is 4.98 Å². The van der Waals surface area contributed by atoms with E-state index in [4.69, 9.17) is 5.73 Å². The Morgan fingerprint density at radius 3 is 2.69 bits per heavy atom. The normalized spacial score (nSPS) is 30.6. The largest absolute Gasteiger partial charge is 0.319 e. The van der Waals surface area contributed by atoms with Gasteiger partial charge in [-0.2, -0.15) is 0 Å². The van der Waals surface area contributed by atoms with Crippen molar-refractivity contribution in [1.29, 1.82) is 0 Å². The van der Waals surface area contributed by atoms with Gasteiger partial charge in [0.25, 0.3) is 0 Å². The van der Waals surface area contributed by atoms with Crippen LogP contribution in [0.4, 0.5) is 0 Å². The molecule has 0 spiro atoms. The van der Waals surface area contributed by atoms with Crippen LogP contribution in [0.25, 0.3) is 0 Å². The molecule has 90 valence electrons. The molecule has 0 atom stereocenters. The minimum Gasteiger partial charge on any atom is -0.319 e. The fourth-order valence-corrected chi connectivity index (χ4v) is 3.66. The Balaban J connectivity index is 2.01. The SMILES string of the molecule is CCCC1CCC(N)(c2nc(C)cs2)CC1. The molecule has 1 saturated carbocycles. The van der Waals surface area contributed by atoms with E-state index in [1.54, 1.807) is 11.3 Å². The van der Waals surface area contributed by atoms with Crippen molar-refractivity contribution < 1.29 is 0 Å². The van der Waals surface area contributed by atoms with E-state index in [-0.39, 0.29) is 5.54 Å². The zero-order chi connectivity index (χ0) is 11.6. The van der Waals surface area contributed by atoms with Crippen molar-refractivity contribution in [3.63, 3.8) is 0 Å². The second kappa shape index (κ2) is 4.84. The van der Waals surface area contributed by atoms with Crippen molar-refractivity contribution in [3.8, 4) is 0 Å². The minimum atomic E-state index is -0.122.